The van der Waals surface area contributed by atoms with Gasteiger partial charge in [0.05, 0.1) is 6.04 Å². The minimum atomic E-state index is -0.915. The number of hydrogen-bond acceptors (Lipinski definition) is 3. The smallest absolute Gasteiger partial charge is 0.168 e. The number of rotatable bonds is 3. The van der Waals surface area contributed by atoms with E-state index in [1.165, 1.54) is 12.1 Å². The topological polar surface area (TPSA) is 50.9 Å². The first-order chi connectivity index (χ1) is 8.97. The third kappa shape index (κ3) is 2.96. The Labute approximate surface area is 108 Å². The molecule has 0 radical (unpaired) electrons. The third-order valence-corrected chi connectivity index (χ3v) is 2.66. The molecular weight excluding hydrogens is 255 g/mol. The number of anilines is 2. The minimum Gasteiger partial charge on any atom is -0.381 e. The average Bonchev–Trinajstić information content (AvgIpc) is 2.36. The fourth-order valence-corrected chi connectivity index (χ4v) is 1.65. The van der Waals surface area contributed by atoms with Gasteiger partial charge in [0, 0.05) is 6.07 Å². The Kier molecular flexibility index (Phi) is 3.59. The molecule has 2 aromatic rings. The molecule has 0 fully saturated rings. The summed E-state index contributed by atoms with van der Waals surface area (Å²) in [6.45, 7) is 1.70. The zero-order chi connectivity index (χ0) is 14.0. The van der Waals surface area contributed by atoms with Gasteiger partial charge in [0.1, 0.15) is 5.82 Å². The van der Waals surface area contributed by atoms with Crippen molar-refractivity contribution in [2.24, 2.45) is 0 Å². The summed E-state index contributed by atoms with van der Waals surface area (Å²) in [7, 11) is 0. The maximum absolute atomic E-state index is 13.5. The number of nitrogens with zero attached hydrogens (tertiary/aromatic N) is 1. The first kappa shape index (κ1) is 13.2. The molecule has 1 aromatic carbocycles. The average molecular weight is 267 g/mol. The van der Waals surface area contributed by atoms with Gasteiger partial charge in [-0.15, -0.1) is 0 Å². The Bertz CT molecular complexity index is 602. The molecule has 19 heavy (non-hydrogen) atoms. The second-order valence-electron chi connectivity index (χ2n) is 4.11. The summed E-state index contributed by atoms with van der Waals surface area (Å²) in [6.07, 6.45) is 0. The van der Waals surface area contributed by atoms with Crippen LogP contribution in [0.3, 0.4) is 0 Å². The summed E-state index contributed by atoms with van der Waals surface area (Å²) < 4.78 is 39.5. The quantitative estimate of drug-likeness (QED) is 0.897. The lowest BCUT2D eigenvalue weighted by Crippen LogP contribution is -2.11. The van der Waals surface area contributed by atoms with E-state index in [2.05, 4.69) is 10.3 Å². The van der Waals surface area contributed by atoms with Crippen molar-refractivity contribution in [2.45, 2.75) is 13.0 Å². The molecule has 0 bridgehead atoms. The summed E-state index contributed by atoms with van der Waals surface area (Å²) in [6, 6.07) is 6.12. The molecule has 0 aliphatic rings. The number of hydrogen-bond donors (Lipinski definition) is 2. The van der Waals surface area contributed by atoms with Crippen LogP contribution in [0.25, 0.3) is 0 Å². The highest BCUT2D eigenvalue weighted by Crippen LogP contribution is 2.22. The van der Waals surface area contributed by atoms with Crippen LogP contribution in [-0.2, 0) is 0 Å². The molecule has 1 unspecified atom stereocenters. The first-order valence-corrected chi connectivity index (χ1v) is 5.61. The maximum Gasteiger partial charge on any atom is 0.168 e. The van der Waals surface area contributed by atoms with Crippen LogP contribution < -0.4 is 11.1 Å². The van der Waals surface area contributed by atoms with E-state index in [0.717, 1.165) is 0 Å². The van der Waals surface area contributed by atoms with Crippen molar-refractivity contribution >= 4 is 11.6 Å². The van der Waals surface area contributed by atoms with Crippen LogP contribution in [0.1, 0.15) is 18.5 Å². The van der Waals surface area contributed by atoms with E-state index in [4.69, 9.17) is 5.73 Å². The molecule has 0 saturated heterocycles. The second-order valence-corrected chi connectivity index (χ2v) is 4.11. The van der Waals surface area contributed by atoms with Crippen molar-refractivity contribution < 1.29 is 13.2 Å². The van der Waals surface area contributed by atoms with Gasteiger partial charge < -0.3 is 11.1 Å². The Morgan fingerprint density at radius 2 is 1.89 bits per heavy atom. The Balaban J connectivity index is 2.24. The summed E-state index contributed by atoms with van der Waals surface area (Å²) in [5.74, 6) is -2.72. The SMILES string of the molecule is CC(Nc1nc(N)c(F)cc1F)c1cccc(F)c1. The van der Waals surface area contributed by atoms with Gasteiger partial charge in [-0.05, 0) is 24.6 Å². The van der Waals surface area contributed by atoms with Crippen LogP contribution in [0.2, 0.25) is 0 Å². The lowest BCUT2D eigenvalue weighted by atomic mass is 10.1. The van der Waals surface area contributed by atoms with E-state index in [0.29, 0.717) is 11.6 Å². The Hall–Kier alpha value is -2.24. The van der Waals surface area contributed by atoms with E-state index >= 15 is 0 Å². The normalized spacial score (nSPS) is 12.2. The van der Waals surface area contributed by atoms with Crippen molar-refractivity contribution in [1.82, 2.24) is 4.98 Å². The predicted molar refractivity (Wildman–Crippen MR) is 67.0 cm³/mol. The van der Waals surface area contributed by atoms with Crippen LogP contribution in [0.4, 0.5) is 24.8 Å². The van der Waals surface area contributed by atoms with Gasteiger partial charge in [0.15, 0.2) is 23.3 Å². The van der Waals surface area contributed by atoms with E-state index in [-0.39, 0.29) is 5.82 Å². The molecule has 2 rings (SSSR count). The van der Waals surface area contributed by atoms with Gasteiger partial charge in [-0.3, -0.25) is 0 Å². The number of aromatic nitrogens is 1. The number of pyridine rings is 1. The zero-order valence-electron chi connectivity index (χ0n) is 10.1. The van der Waals surface area contributed by atoms with Crippen molar-refractivity contribution in [3.05, 3.63) is 53.3 Å². The highest BCUT2D eigenvalue weighted by atomic mass is 19.1. The molecule has 1 aromatic heterocycles. The lowest BCUT2D eigenvalue weighted by Gasteiger charge is -2.16. The van der Waals surface area contributed by atoms with Gasteiger partial charge in [0.25, 0.3) is 0 Å². The van der Waals surface area contributed by atoms with Gasteiger partial charge in [-0.2, -0.15) is 0 Å². The molecule has 0 amide bonds. The molecule has 1 heterocycles. The molecule has 3 nitrogen and oxygen atoms in total. The van der Waals surface area contributed by atoms with Gasteiger partial charge >= 0.3 is 0 Å². The number of nitrogens with two attached hydrogens (primary N) is 1. The highest BCUT2D eigenvalue weighted by Gasteiger charge is 2.13. The fourth-order valence-electron chi connectivity index (χ4n) is 1.65. The molecule has 6 heteroatoms. The monoisotopic (exact) mass is 267 g/mol. The van der Waals surface area contributed by atoms with Crippen LogP contribution in [0, 0.1) is 17.5 Å². The standard InChI is InChI=1S/C13H12F3N3/c1-7(8-3-2-4-9(14)5-8)18-13-11(16)6-10(15)12(17)19-13/h2-7H,1H3,(H3,17,18,19). The number of halogens is 3. The highest BCUT2D eigenvalue weighted by molar-refractivity contribution is 5.46. The summed E-state index contributed by atoms with van der Waals surface area (Å²) in [5.41, 5.74) is 5.89. The largest absolute Gasteiger partial charge is 0.381 e. The number of benzene rings is 1. The van der Waals surface area contributed by atoms with Gasteiger partial charge in [-0.1, -0.05) is 12.1 Å². The van der Waals surface area contributed by atoms with E-state index in [1.807, 2.05) is 0 Å². The van der Waals surface area contributed by atoms with Crippen molar-refractivity contribution in [2.75, 3.05) is 11.1 Å². The number of nitrogens with one attached hydrogen (secondary N) is 1. The number of nitrogen functional groups attached to an aromatic ring is 1. The first-order valence-electron chi connectivity index (χ1n) is 5.61. The molecular formula is C13H12F3N3. The molecule has 0 spiro atoms. The summed E-state index contributed by atoms with van der Waals surface area (Å²) in [4.78, 5) is 3.58. The van der Waals surface area contributed by atoms with Crippen molar-refractivity contribution in [1.29, 1.82) is 0 Å². The zero-order valence-corrected chi connectivity index (χ0v) is 10.1. The van der Waals surface area contributed by atoms with Gasteiger partial charge in [-0.25, -0.2) is 18.2 Å². The summed E-state index contributed by atoms with van der Waals surface area (Å²) >= 11 is 0. The van der Waals surface area contributed by atoms with Crippen LogP contribution in [-0.4, -0.2) is 4.98 Å². The molecule has 1 atom stereocenters. The van der Waals surface area contributed by atoms with Crippen LogP contribution in [0.15, 0.2) is 30.3 Å². The third-order valence-electron chi connectivity index (χ3n) is 2.66. The fraction of sp³-hybridized carbons (Fsp3) is 0.154. The maximum atomic E-state index is 13.5. The predicted octanol–water partition coefficient (Wildman–Crippen LogP) is 3.25. The second kappa shape index (κ2) is 5.17. The van der Waals surface area contributed by atoms with E-state index in [9.17, 15) is 13.2 Å². The lowest BCUT2D eigenvalue weighted by molar-refractivity contribution is 0.577. The Morgan fingerprint density at radius 1 is 1.16 bits per heavy atom. The molecule has 100 valence electrons. The van der Waals surface area contributed by atoms with Crippen molar-refractivity contribution in [3.8, 4) is 0 Å². The van der Waals surface area contributed by atoms with Gasteiger partial charge in [0.2, 0.25) is 0 Å². The minimum absolute atomic E-state index is 0.171. The molecule has 0 aliphatic carbocycles. The molecule has 0 aliphatic heterocycles. The Morgan fingerprint density at radius 3 is 2.58 bits per heavy atom. The van der Waals surface area contributed by atoms with Crippen LogP contribution in [0.5, 0.6) is 0 Å². The van der Waals surface area contributed by atoms with Crippen LogP contribution >= 0.6 is 0 Å². The summed E-state index contributed by atoms with van der Waals surface area (Å²) in [5, 5.41) is 2.72. The van der Waals surface area contributed by atoms with E-state index < -0.39 is 29.3 Å². The van der Waals surface area contributed by atoms with Crippen molar-refractivity contribution in [3.63, 3.8) is 0 Å². The van der Waals surface area contributed by atoms with E-state index in [1.54, 1.807) is 19.1 Å². The molecule has 0 saturated carbocycles. The molecule has 3 N–H and O–H groups in total.